The maximum atomic E-state index is 13.5. The number of nitrogens with zero attached hydrogens (tertiary/aromatic N) is 3. The van der Waals surface area contributed by atoms with Gasteiger partial charge in [-0.3, -0.25) is 9.78 Å². The second-order valence-corrected chi connectivity index (χ2v) is 11.1. The van der Waals surface area contributed by atoms with Crippen LogP contribution in [0.1, 0.15) is 49.7 Å². The van der Waals surface area contributed by atoms with Gasteiger partial charge in [-0.25, -0.2) is 13.2 Å². The molecule has 0 unspecified atom stereocenters. The predicted octanol–water partition coefficient (Wildman–Crippen LogP) is 6.24. The number of aryl methyl sites for hydroxylation is 2. The average Bonchev–Trinajstić information content (AvgIpc) is 2.92. The fraction of sp³-hybridized carbons (Fsp3) is 0.484. The highest BCUT2D eigenvalue weighted by Crippen LogP contribution is 2.41. The summed E-state index contributed by atoms with van der Waals surface area (Å²) in [5.74, 6) is -3.77. The molecule has 6 nitrogen and oxygen atoms in total. The van der Waals surface area contributed by atoms with Crippen LogP contribution in [-0.4, -0.2) is 61.8 Å². The Morgan fingerprint density at radius 3 is 2.40 bits per heavy atom. The number of methoxy groups -OCH3 is 1. The van der Waals surface area contributed by atoms with Gasteiger partial charge in [-0.1, -0.05) is 0 Å². The van der Waals surface area contributed by atoms with Gasteiger partial charge in [0, 0.05) is 19.5 Å². The molecule has 0 atom stereocenters. The number of hydrogen-bond donors (Lipinski definition) is 1. The van der Waals surface area contributed by atoms with Crippen LogP contribution in [0.2, 0.25) is 0 Å². The number of hydrogen-bond acceptors (Lipinski definition) is 5. The SMILES string of the molecule is COc1ccc2ncc(N(C)C)c(CCCC3(CC(=O)O)CCN(CCCc4cc(F)c(F)c(F)c4)CC3)c2c1. The Morgan fingerprint density at radius 1 is 1.07 bits per heavy atom. The summed E-state index contributed by atoms with van der Waals surface area (Å²) in [5.41, 5.74) is 3.30. The van der Waals surface area contributed by atoms with E-state index in [0.29, 0.717) is 18.4 Å². The fourth-order valence-corrected chi connectivity index (χ4v) is 5.98. The van der Waals surface area contributed by atoms with Gasteiger partial charge in [0.1, 0.15) is 5.75 Å². The highest BCUT2D eigenvalue weighted by molar-refractivity contribution is 5.88. The third kappa shape index (κ3) is 7.05. The molecule has 0 aliphatic carbocycles. The van der Waals surface area contributed by atoms with Crippen LogP contribution in [0.5, 0.6) is 5.75 Å². The van der Waals surface area contributed by atoms with Crippen molar-refractivity contribution in [3.05, 3.63) is 65.1 Å². The molecule has 2 aromatic carbocycles. The van der Waals surface area contributed by atoms with Crippen molar-refractivity contribution in [2.24, 2.45) is 5.41 Å². The lowest BCUT2D eigenvalue weighted by molar-refractivity contribution is -0.140. The van der Waals surface area contributed by atoms with Gasteiger partial charge in [0.15, 0.2) is 17.5 Å². The predicted molar refractivity (Wildman–Crippen MR) is 151 cm³/mol. The third-order valence-electron chi connectivity index (χ3n) is 8.21. The number of halogens is 3. The highest BCUT2D eigenvalue weighted by atomic mass is 19.2. The molecule has 40 heavy (non-hydrogen) atoms. The smallest absolute Gasteiger partial charge is 0.303 e. The molecule has 1 aliphatic rings. The number of carboxylic acid groups (broad SMARTS) is 1. The number of anilines is 1. The van der Waals surface area contributed by atoms with Crippen LogP contribution in [0.4, 0.5) is 18.9 Å². The Kier molecular flexibility index (Phi) is 9.56. The van der Waals surface area contributed by atoms with Crippen molar-refractivity contribution >= 4 is 22.6 Å². The lowest BCUT2D eigenvalue weighted by Gasteiger charge is -2.41. The van der Waals surface area contributed by atoms with Crippen molar-refractivity contribution in [3.63, 3.8) is 0 Å². The Labute approximate surface area is 233 Å². The van der Waals surface area contributed by atoms with E-state index in [4.69, 9.17) is 4.74 Å². The van der Waals surface area contributed by atoms with Crippen LogP contribution in [0.3, 0.4) is 0 Å². The summed E-state index contributed by atoms with van der Waals surface area (Å²) < 4.78 is 45.7. The van der Waals surface area contributed by atoms with Gasteiger partial charge in [-0.05, 0) is 111 Å². The molecule has 1 aromatic heterocycles. The standard InChI is InChI=1S/C31H38F3N3O3/c1-36(2)28-20-35-27-9-8-22(40-3)18-24(27)23(28)7-4-10-31(19-29(38)39)11-14-37(15-12-31)13-5-6-21-16-25(32)30(34)26(33)17-21/h8-9,16-18,20H,4-7,10-15,19H2,1-3H3,(H,38,39). The first-order chi connectivity index (χ1) is 19.1. The number of pyridine rings is 1. The molecular formula is C31H38F3N3O3. The van der Waals surface area contributed by atoms with Crippen LogP contribution in [0, 0.1) is 22.9 Å². The molecule has 0 radical (unpaired) electrons. The second kappa shape index (κ2) is 12.9. The Hall–Kier alpha value is -3.33. The van der Waals surface area contributed by atoms with Gasteiger partial charge >= 0.3 is 5.97 Å². The number of piperidine rings is 1. The zero-order valence-electron chi connectivity index (χ0n) is 23.5. The summed E-state index contributed by atoms with van der Waals surface area (Å²) in [4.78, 5) is 20.8. The van der Waals surface area contributed by atoms with E-state index in [-0.39, 0.29) is 11.8 Å². The van der Waals surface area contributed by atoms with Crippen LogP contribution in [-0.2, 0) is 17.6 Å². The van der Waals surface area contributed by atoms with Crippen molar-refractivity contribution in [2.75, 3.05) is 45.7 Å². The minimum absolute atomic E-state index is 0.139. The van der Waals surface area contributed by atoms with Gasteiger partial charge < -0.3 is 19.6 Å². The van der Waals surface area contributed by atoms with Gasteiger partial charge in [-0.2, -0.15) is 0 Å². The lowest BCUT2D eigenvalue weighted by atomic mass is 9.72. The number of aromatic nitrogens is 1. The number of benzene rings is 2. The number of likely N-dealkylation sites (tertiary alicyclic amines) is 1. The minimum atomic E-state index is -1.44. The number of carboxylic acids is 1. The highest BCUT2D eigenvalue weighted by Gasteiger charge is 2.36. The average molecular weight is 558 g/mol. The summed E-state index contributed by atoms with van der Waals surface area (Å²) in [6.07, 6.45) is 7.19. The summed E-state index contributed by atoms with van der Waals surface area (Å²) in [7, 11) is 5.64. The molecule has 4 rings (SSSR count). The van der Waals surface area contributed by atoms with E-state index < -0.39 is 23.4 Å². The number of aliphatic carboxylic acids is 1. The molecule has 3 aromatic rings. The van der Waals surface area contributed by atoms with Gasteiger partial charge in [0.25, 0.3) is 0 Å². The first kappa shape index (κ1) is 29.6. The summed E-state index contributed by atoms with van der Waals surface area (Å²) >= 11 is 0. The van der Waals surface area contributed by atoms with Gasteiger partial charge in [0.2, 0.25) is 0 Å². The van der Waals surface area contributed by atoms with Crippen LogP contribution >= 0.6 is 0 Å². The summed E-state index contributed by atoms with van der Waals surface area (Å²) in [5, 5.41) is 10.8. The molecule has 9 heteroatoms. The maximum absolute atomic E-state index is 13.5. The van der Waals surface area contributed by atoms with Crippen molar-refractivity contribution < 1.29 is 27.8 Å². The van der Waals surface area contributed by atoms with E-state index >= 15 is 0 Å². The lowest BCUT2D eigenvalue weighted by Crippen LogP contribution is -2.41. The Balaban J connectivity index is 1.38. The zero-order chi connectivity index (χ0) is 28.9. The van der Waals surface area contributed by atoms with Crippen LogP contribution < -0.4 is 9.64 Å². The number of ether oxygens (including phenoxy) is 1. The van der Waals surface area contributed by atoms with Crippen molar-refractivity contribution in [2.45, 2.75) is 51.4 Å². The topological polar surface area (TPSA) is 65.9 Å². The quantitative estimate of drug-likeness (QED) is 0.266. The first-order valence-corrected chi connectivity index (χ1v) is 13.8. The molecule has 1 fully saturated rings. The van der Waals surface area contributed by atoms with Gasteiger partial charge in [-0.15, -0.1) is 0 Å². The van der Waals surface area contributed by atoms with Crippen LogP contribution in [0.15, 0.2) is 36.5 Å². The molecule has 216 valence electrons. The van der Waals surface area contributed by atoms with E-state index in [0.717, 1.165) is 86.2 Å². The Morgan fingerprint density at radius 2 is 1.77 bits per heavy atom. The van der Waals surface area contributed by atoms with E-state index in [2.05, 4.69) is 14.8 Å². The molecule has 0 saturated carbocycles. The zero-order valence-corrected chi connectivity index (χ0v) is 23.5. The normalized spacial score (nSPS) is 15.3. The fourth-order valence-electron chi connectivity index (χ4n) is 5.98. The molecule has 1 saturated heterocycles. The maximum Gasteiger partial charge on any atom is 0.303 e. The largest absolute Gasteiger partial charge is 0.497 e. The van der Waals surface area contributed by atoms with E-state index in [1.54, 1.807) is 7.11 Å². The summed E-state index contributed by atoms with van der Waals surface area (Å²) in [6.45, 7) is 2.29. The number of rotatable bonds is 12. The third-order valence-corrected chi connectivity index (χ3v) is 8.21. The van der Waals surface area contributed by atoms with Crippen molar-refractivity contribution in [3.8, 4) is 5.75 Å². The molecule has 1 aliphatic heterocycles. The molecule has 0 spiro atoms. The van der Waals surface area contributed by atoms with E-state index in [9.17, 15) is 23.1 Å². The van der Waals surface area contributed by atoms with Crippen LogP contribution in [0.25, 0.3) is 10.9 Å². The molecular weight excluding hydrogens is 519 g/mol. The number of carbonyl (C=O) groups is 1. The molecule has 0 bridgehead atoms. The molecule has 0 amide bonds. The van der Waals surface area contributed by atoms with E-state index in [1.807, 2.05) is 38.5 Å². The van der Waals surface area contributed by atoms with E-state index in [1.165, 1.54) is 5.56 Å². The van der Waals surface area contributed by atoms with Gasteiger partial charge in [0.05, 0.1) is 30.9 Å². The minimum Gasteiger partial charge on any atom is -0.497 e. The second-order valence-electron chi connectivity index (χ2n) is 11.1. The number of fused-ring (bicyclic) bond motifs is 1. The Bertz CT molecular complexity index is 1320. The molecule has 1 N–H and O–H groups in total. The molecule has 2 heterocycles. The first-order valence-electron chi connectivity index (χ1n) is 13.8. The van der Waals surface area contributed by atoms with Crippen molar-refractivity contribution in [1.82, 2.24) is 9.88 Å². The summed E-state index contributed by atoms with van der Waals surface area (Å²) in [6, 6.07) is 7.99. The van der Waals surface area contributed by atoms with Crippen molar-refractivity contribution in [1.29, 1.82) is 0 Å². The monoisotopic (exact) mass is 557 g/mol.